The van der Waals surface area contributed by atoms with Crippen molar-refractivity contribution in [2.75, 3.05) is 20.1 Å². The second-order valence-corrected chi connectivity index (χ2v) is 2.86. The Hall–Kier alpha value is -0.0800. The van der Waals surface area contributed by atoms with E-state index in [1.54, 1.807) is 0 Å². The molecule has 2 heteroatoms. The van der Waals surface area contributed by atoms with E-state index in [2.05, 4.69) is 18.9 Å². The van der Waals surface area contributed by atoms with Gasteiger partial charge in [-0.05, 0) is 13.0 Å². The molecule has 0 unspecified atom stereocenters. The summed E-state index contributed by atoms with van der Waals surface area (Å²) >= 11 is 0. The Kier molecular flexibility index (Phi) is 1.54. The molecule has 1 heterocycles. The number of hydrogen-bond donors (Lipinski definition) is 1. The van der Waals surface area contributed by atoms with Gasteiger partial charge >= 0.3 is 0 Å². The lowest BCUT2D eigenvalue weighted by Crippen LogP contribution is -2.27. The molecular formula is C6H14N2. The van der Waals surface area contributed by atoms with Crippen LogP contribution in [0.15, 0.2) is 0 Å². The summed E-state index contributed by atoms with van der Waals surface area (Å²) in [6.45, 7) is 4.44. The lowest BCUT2D eigenvalue weighted by molar-refractivity contribution is 0.401. The number of hydrogen-bond acceptors (Lipinski definition) is 2. The number of likely N-dealkylation sites (tertiary alicyclic amines) is 1. The largest absolute Gasteiger partial charge is 0.326 e. The Morgan fingerprint density at radius 2 is 2.12 bits per heavy atom. The predicted molar refractivity (Wildman–Crippen MR) is 34.6 cm³/mol. The van der Waals surface area contributed by atoms with Gasteiger partial charge in [0.1, 0.15) is 0 Å². The van der Waals surface area contributed by atoms with Crippen LogP contribution in [0.3, 0.4) is 0 Å². The summed E-state index contributed by atoms with van der Waals surface area (Å²) < 4.78 is 0. The summed E-state index contributed by atoms with van der Waals surface area (Å²) in [5.74, 6) is 0.694. The first-order valence-electron chi connectivity index (χ1n) is 3.14. The average Bonchev–Trinajstić information content (AvgIpc) is 1.85. The SMILES string of the molecule is C[C@@H]1CN(C)C[C@H]1N. The molecule has 1 aliphatic rings. The van der Waals surface area contributed by atoms with Crippen LogP contribution in [-0.2, 0) is 0 Å². The summed E-state index contributed by atoms with van der Waals surface area (Å²) in [4.78, 5) is 2.27. The van der Waals surface area contributed by atoms with Crippen molar-refractivity contribution in [3.63, 3.8) is 0 Å². The van der Waals surface area contributed by atoms with Crippen molar-refractivity contribution >= 4 is 0 Å². The van der Waals surface area contributed by atoms with Crippen molar-refractivity contribution < 1.29 is 0 Å². The Morgan fingerprint density at radius 1 is 1.50 bits per heavy atom. The van der Waals surface area contributed by atoms with Gasteiger partial charge in [0.2, 0.25) is 0 Å². The zero-order chi connectivity index (χ0) is 6.15. The zero-order valence-corrected chi connectivity index (χ0v) is 5.59. The van der Waals surface area contributed by atoms with Crippen LogP contribution in [0.5, 0.6) is 0 Å². The summed E-state index contributed by atoms with van der Waals surface area (Å²) in [5.41, 5.74) is 5.73. The lowest BCUT2D eigenvalue weighted by Gasteiger charge is -2.03. The minimum atomic E-state index is 0.417. The van der Waals surface area contributed by atoms with Crippen molar-refractivity contribution in [3.05, 3.63) is 0 Å². The third-order valence-corrected chi connectivity index (χ3v) is 1.85. The first-order valence-corrected chi connectivity index (χ1v) is 3.14. The second kappa shape index (κ2) is 2.03. The molecule has 0 aromatic heterocycles. The van der Waals surface area contributed by atoms with Crippen LogP contribution < -0.4 is 5.73 Å². The Bertz CT molecular complexity index is 72.6. The quantitative estimate of drug-likeness (QED) is 0.476. The fourth-order valence-electron chi connectivity index (χ4n) is 1.24. The van der Waals surface area contributed by atoms with Gasteiger partial charge in [0.05, 0.1) is 0 Å². The third kappa shape index (κ3) is 1.01. The van der Waals surface area contributed by atoms with Crippen molar-refractivity contribution in [2.24, 2.45) is 11.7 Å². The van der Waals surface area contributed by atoms with Crippen LogP contribution in [0.4, 0.5) is 0 Å². The van der Waals surface area contributed by atoms with Crippen molar-refractivity contribution in [2.45, 2.75) is 13.0 Å². The van der Waals surface area contributed by atoms with Gasteiger partial charge in [-0.1, -0.05) is 6.92 Å². The molecule has 2 atom stereocenters. The molecule has 48 valence electrons. The molecule has 1 fully saturated rings. The molecule has 1 rings (SSSR count). The highest BCUT2D eigenvalue weighted by Crippen LogP contribution is 2.10. The van der Waals surface area contributed by atoms with E-state index in [-0.39, 0.29) is 0 Å². The van der Waals surface area contributed by atoms with Gasteiger partial charge in [-0.3, -0.25) is 0 Å². The number of nitrogens with zero attached hydrogens (tertiary/aromatic N) is 1. The minimum Gasteiger partial charge on any atom is -0.326 e. The monoisotopic (exact) mass is 114 g/mol. The van der Waals surface area contributed by atoms with E-state index in [9.17, 15) is 0 Å². The van der Waals surface area contributed by atoms with Crippen molar-refractivity contribution in [3.8, 4) is 0 Å². The predicted octanol–water partition coefficient (Wildman–Crippen LogP) is -0.105. The molecule has 0 spiro atoms. The standard InChI is InChI=1S/C6H14N2/c1-5-3-8(2)4-6(5)7/h5-6H,3-4,7H2,1-2H3/t5-,6-/m1/s1. The molecule has 0 amide bonds. The maximum atomic E-state index is 5.73. The van der Waals surface area contributed by atoms with Gasteiger partial charge in [-0.2, -0.15) is 0 Å². The van der Waals surface area contributed by atoms with E-state index in [0.717, 1.165) is 6.54 Å². The lowest BCUT2D eigenvalue weighted by atomic mass is 10.1. The van der Waals surface area contributed by atoms with Gasteiger partial charge in [0.15, 0.2) is 0 Å². The van der Waals surface area contributed by atoms with Crippen LogP contribution >= 0.6 is 0 Å². The first kappa shape index (κ1) is 6.05. The summed E-state index contributed by atoms with van der Waals surface area (Å²) in [7, 11) is 2.11. The third-order valence-electron chi connectivity index (χ3n) is 1.85. The number of nitrogens with two attached hydrogens (primary N) is 1. The number of rotatable bonds is 0. The van der Waals surface area contributed by atoms with Gasteiger partial charge < -0.3 is 10.6 Å². The van der Waals surface area contributed by atoms with E-state index in [4.69, 9.17) is 5.73 Å². The first-order chi connectivity index (χ1) is 3.70. The van der Waals surface area contributed by atoms with Gasteiger partial charge in [-0.25, -0.2) is 0 Å². The average molecular weight is 114 g/mol. The van der Waals surface area contributed by atoms with Crippen LogP contribution in [-0.4, -0.2) is 31.1 Å². The van der Waals surface area contributed by atoms with Crippen molar-refractivity contribution in [1.29, 1.82) is 0 Å². The van der Waals surface area contributed by atoms with Crippen LogP contribution in [0.25, 0.3) is 0 Å². The van der Waals surface area contributed by atoms with Crippen LogP contribution in [0.1, 0.15) is 6.92 Å². The molecule has 0 aromatic carbocycles. The summed E-state index contributed by atoms with van der Waals surface area (Å²) in [6.07, 6.45) is 0. The highest BCUT2D eigenvalue weighted by atomic mass is 15.1. The minimum absolute atomic E-state index is 0.417. The molecule has 0 radical (unpaired) electrons. The Balaban J connectivity index is 2.39. The van der Waals surface area contributed by atoms with E-state index < -0.39 is 0 Å². The molecule has 1 saturated heterocycles. The van der Waals surface area contributed by atoms with Gasteiger partial charge in [0.25, 0.3) is 0 Å². The maximum Gasteiger partial charge on any atom is 0.0206 e. The smallest absolute Gasteiger partial charge is 0.0206 e. The highest BCUT2D eigenvalue weighted by molar-refractivity contribution is 4.81. The molecule has 2 N–H and O–H groups in total. The molecular weight excluding hydrogens is 100 g/mol. The fourth-order valence-corrected chi connectivity index (χ4v) is 1.24. The summed E-state index contributed by atoms with van der Waals surface area (Å²) in [5, 5.41) is 0. The molecule has 0 saturated carbocycles. The molecule has 1 aliphatic heterocycles. The fraction of sp³-hybridized carbons (Fsp3) is 1.00. The molecule has 0 bridgehead atoms. The summed E-state index contributed by atoms with van der Waals surface area (Å²) in [6, 6.07) is 0.417. The topological polar surface area (TPSA) is 29.3 Å². The van der Waals surface area contributed by atoms with E-state index in [0.29, 0.717) is 12.0 Å². The van der Waals surface area contributed by atoms with Crippen LogP contribution in [0.2, 0.25) is 0 Å². The molecule has 8 heavy (non-hydrogen) atoms. The highest BCUT2D eigenvalue weighted by Gasteiger charge is 2.22. The van der Waals surface area contributed by atoms with Crippen molar-refractivity contribution in [1.82, 2.24) is 4.90 Å². The molecule has 2 nitrogen and oxygen atoms in total. The normalized spacial score (nSPS) is 40.9. The second-order valence-electron chi connectivity index (χ2n) is 2.86. The van der Waals surface area contributed by atoms with Gasteiger partial charge in [-0.15, -0.1) is 0 Å². The maximum absolute atomic E-state index is 5.73. The number of likely N-dealkylation sites (N-methyl/N-ethyl adjacent to an activating group) is 1. The zero-order valence-electron chi connectivity index (χ0n) is 5.59. The van der Waals surface area contributed by atoms with E-state index in [1.807, 2.05) is 0 Å². The Morgan fingerprint density at radius 3 is 2.25 bits per heavy atom. The Labute approximate surface area is 50.7 Å². The molecule has 0 aliphatic carbocycles. The molecule has 0 aromatic rings. The van der Waals surface area contributed by atoms with Gasteiger partial charge in [0, 0.05) is 19.1 Å². The van der Waals surface area contributed by atoms with E-state index in [1.165, 1.54) is 6.54 Å². The van der Waals surface area contributed by atoms with E-state index >= 15 is 0 Å². The van der Waals surface area contributed by atoms with Crippen LogP contribution in [0, 0.1) is 5.92 Å².